The highest BCUT2D eigenvalue weighted by Gasteiger charge is 2.46. The minimum atomic E-state index is -1.38. The molecule has 8 heteroatoms. The minimum absolute atomic E-state index is 0.497. The van der Waals surface area contributed by atoms with Gasteiger partial charge in [0.1, 0.15) is 36.2 Å². The number of hydrogen-bond donors (Lipinski definition) is 3. The zero-order valence-corrected chi connectivity index (χ0v) is 16.7. The fraction of sp³-hybridized carbons (Fsp3) is 0.429. The molecule has 3 N–H and O–H groups in total. The molecule has 0 amide bonds. The Labute approximate surface area is 173 Å². The molecule has 7 nitrogen and oxygen atoms in total. The molecule has 0 spiro atoms. The molecule has 0 radical (unpaired) electrons. The Bertz CT molecular complexity index is 830. The highest BCUT2D eigenvalue weighted by Crippen LogP contribution is 2.35. The zero-order chi connectivity index (χ0) is 21.0. The summed E-state index contributed by atoms with van der Waals surface area (Å²) in [5, 5.41) is 33.4. The van der Waals surface area contributed by atoms with Crippen LogP contribution >= 0.6 is 11.6 Å². The van der Waals surface area contributed by atoms with Crippen LogP contribution in [0.2, 0.25) is 5.02 Å². The second kappa shape index (κ2) is 9.65. The Morgan fingerprint density at radius 3 is 2.48 bits per heavy atom. The average Bonchev–Trinajstić information content (AvgIpc) is 2.72. The van der Waals surface area contributed by atoms with Crippen LogP contribution in [0.1, 0.15) is 29.7 Å². The number of aliphatic hydroxyl groups is 3. The van der Waals surface area contributed by atoms with Crippen molar-refractivity contribution in [3.8, 4) is 5.75 Å². The average molecular weight is 422 g/mol. The van der Waals surface area contributed by atoms with Crippen LogP contribution in [0, 0.1) is 4.91 Å². The number of aliphatic hydroxyl groups excluding tert-OH is 3. The maximum atomic E-state index is 11.1. The van der Waals surface area contributed by atoms with Gasteiger partial charge in [0.05, 0.1) is 13.2 Å². The lowest BCUT2D eigenvalue weighted by Crippen LogP contribution is -2.54. The van der Waals surface area contributed by atoms with Crippen molar-refractivity contribution >= 4 is 11.6 Å². The highest BCUT2D eigenvalue weighted by atomic mass is 35.5. The van der Waals surface area contributed by atoms with Gasteiger partial charge in [-0.25, -0.2) is 0 Å². The quantitative estimate of drug-likeness (QED) is 0.593. The van der Waals surface area contributed by atoms with E-state index in [1.807, 2.05) is 31.2 Å². The first-order valence-electron chi connectivity index (χ1n) is 9.43. The molecular weight excluding hydrogens is 398 g/mol. The van der Waals surface area contributed by atoms with Crippen LogP contribution in [0.4, 0.5) is 0 Å². The maximum absolute atomic E-state index is 11.1. The number of hydrogen-bond acceptors (Lipinski definition) is 7. The number of benzene rings is 2. The first-order chi connectivity index (χ1) is 14.0. The van der Waals surface area contributed by atoms with Gasteiger partial charge in [0, 0.05) is 5.02 Å². The molecule has 2 aromatic carbocycles. The first-order valence-corrected chi connectivity index (χ1v) is 9.81. The lowest BCUT2D eigenvalue weighted by molar-refractivity contribution is -0.190. The van der Waals surface area contributed by atoms with Gasteiger partial charge in [0.25, 0.3) is 0 Å². The topological polar surface area (TPSA) is 109 Å². The predicted octanol–water partition coefficient (Wildman–Crippen LogP) is 2.62. The predicted molar refractivity (Wildman–Crippen MR) is 108 cm³/mol. The van der Waals surface area contributed by atoms with Crippen molar-refractivity contribution in [1.29, 1.82) is 0 Å². The summed E-state index contributed by atoms with van der Waals surface area (Å²) in [5.74, 6) is 0.788. The van der Waals surface area contributed by atoms with Gasteiger partial charge in [-0.2, -0.15) is 4.91 Å². The Morgan fingerprint density at radius 1 is 1.14 bits per heavy atom. The molecule has 1 aliphatic rings. The van der Waals surface area contributed by atoms with Crippen LogP contribution in [0.5, 0.6) is 5.75 Å². The Morgan fingerprint density at radius 2 is 1.86 bits per heavy atom. The van der Waals surface area contributed by atoms with Gasteiger partial charge in [-0.3, -0.25) is 0 Å². The van der Waals surface area contributed by atoms with E-state index in [0.29, 0.717) is 23.6 Å². The summed E-state index contributed by atoms with van der Waals surface area (Å²) in [6.45, 7) is 2.02. The zero-order valence-electron chi connectivity index (χ0n) is 15.9. The van der Waals surface area contributed by atoms with Gasteiger partial charge < -0.3 is 24.8 Å². The maximum Gasteiger partial charge on any atom is 0.149 e. The number of ether oxygens (including phenoxy) is 2. The molecule has 3 rings (SSSR count). The summed E-state index contributed by atoms with van der Waals surface area (Å²) >= 11 is 6.36. The Kier molecular flexibility index (Phi) is 7.21. The Hall–Kier alpha value is -2.03. The number of nitrogens with zero attached hydrogens (tertiary/aromatic N) is 1. The van der Waals surface area contributed by atoms with E-state index in [1.54, 1.807) is 18.2 Å². The molecule has 0 saturated carbocycles. The van der Waals surface area contributed by atoms with Crippen molar-refractivity contribution in [2.45, 2.75) is 43.8 Å². The van der Waals surface area contributed by atoms with E-state index >= 15 is 0 Å². The summed E-state index contributed by atoms with van der Waals surface area (Å²) in [6.07, 6.45) is -4.11. The molecule has 1 fully saturated rings. The molecule has 5 atom stereocenters. The van der Waals surface area contributed by atoms with Crippen LogP contribution in [0.25, 0.3) is 0 Å². The van der Waals surface area contributed by atoms with Crippen molar-refractivity contribution in [2.75, 3.05) is 13.2 Å². The molecule has 29 heavy (non-hydrogen) atoms. The molecule has 1 saturated heterocycles. The van der Waals surface area contributed by atoms with Crippen LogP contribution in [0.15, 0.2) is 47.6 Å². The van der Waals surface area contributed by atoms with E-state index in [-0.39, 0.29) is 0 Å². The van der Waals surface area contributed by atoms with Crippen molar-refractivity contribution in [3.05, 3.63) is 69.1 Å². The fourth-order valence-electron chi connectivity index (χ4n) is 3.50. The standard InChI is InChI=1S/C21H24ClNO6/c1-2-28-15-6-3-12(4-7-15)9-14-10-13(5-8-16(14)22)21-20(26)18(23-27)19(25)17(11-24)29-21/h3-8,10,17-21,24-26H,2,9,11H2,1H3. The number of rotatable bonds is 7. The number of halogens is 1. The van der Waals surface area contributed by atoms with Gasteiger partial charge in [0.2, 0.25) is 0 Å². The monoisotopic (exact) mass is 421 g/mol. The molecule has 1 aliphatic heterocycles. The normalized spacial score (nSPS) is 26.9. The second-order valence-electron chi connectivity index (χ2n) is 6.96. The number of nitroso groups, excluding NO2 is 1. The molecular formula is C21H24ClNO6. The fourth-order valence-corrected chi connectivity index (χ4v) is 3.68. The van der Waals surface area contributed by atoms with Gasteiger partial charge in [-0.15, -0.1) is 0 Å². The van der Waals surface area contributed by atoms with E-state index in [4.69, 9.17) is 21.1 Å². The van der Waals surface area contributed by atoms with Gasteiger partial charge >= 0.3 is 0 Å². The smallest absolute Gasteiger partial charge is 0.149 e. The molecule has 0 aromatic heterocycles. The van der Waals surface area contributed by atoms with Crippen LogP contribution < -0.4 is 4.74 Å². The van der Waals surface area contributed by atoms with Crippen molar-refractivity contribution in [2.24, 2.45) is 5.18 Å². The van der Waals surface area contributed by atoms with Crippen molar-refractivity contribution in [1.82, 2.24) is 0 Å². The summed E-state index contributed by atoms with van der Waals surface area (Å²) in [4.78, 5) is 11.1. The highest BCUT2D eigenvalue weighted by molar-refractivity contribution is 6.31. The Balaban J connectivity index is 1.85. The second-order valence-corrected chi connectivity index (χ2v) is 7.37. The summed E-state index contributed by atoms with van der Waals surface area (Å²) in [7, 11) is 0. The molecule has 0 aliphatic carbocycles. The van der Waals surface area contributed by atoms with E-state index in [1.165, 1.54) is 0 Å². The van der Waals surface area contributed by atoms with Crippen LogP contribution in [-0.2, 0) is 11.2 Å². The third kappa shape index (κ3) is 4.76. The van der Waals surface area contributed by atoms with Crippen molar-refractivity contribution in [3.63, 3.8) is 0 Å². The largest absolute Gasteiger partial charge is 0.494 e. The van der Waals surface area contributed by atoms with Gasteiger partial charge in [-0.05, 0) is 48.2 Å². The van der Waals surface area contributed by atoms with Gasteiger partial charge in [-0.1, -0.05) is 41.0 Å². The molecule has 156 valence electrons. The molecule has 5 unspecified atom stereocenters. The summed E-state index contributed by atoms with van der Waals surface area (Å²) in [5.41, 5.74) is 2.42. The van der Waals surface area contributed by atoms with E-state index in [0.717, 1.165) is 16.9 Å². The van der Waals surface area contributed by atoms with E-state index in [2.05, 4.69) is 5.18 Å². The summed E-state index contributed by atoms with van der Waals surface area (Å²) < 4.78 is 11.1. The van der Waals surface area contributed by atoms with Gasteiger partial charge in [0.15, 0.2) is 0 Å². The lowest BCUT2D eigenvalue weighted by atomic mass is 9.89. The summed E-state index contributed by atoms with van der Waals surface area (Å²) in [6, 6.07) is 11.5. The molecule has 1 heterocycles. The SMILES string of the molecule is CCOc1ccc(Cc2cc(C3OC(CO)C(O)C(N=O)C3O)ccc2Cl)cc1. The lowest BCUT2D eigenvalue weighted by Gasteiger charge is -2.39. The molecule has 2 aromatic rings. The minimum Gasteiger partial charge on any atom is -0.494 e. The van der Waals surface area contributed by atoms with E-state index in [9.17, 15) is 20.2 Å². The third-order valence-electron chi connectivity index (χ3n) is 5.04. The third-order valence-corrected chi connectivity index (χ3v) is 5.41. The van der Waals surface area contributed by atoms with Crippen molar-refractivity contribution < 1.29 is 24.8 Å². The molecule has 0 bridgehead atoms. The first kappa shape index (κ1) is 21.7. The van der Waals surface area contributed by atoms with Crippen LogP contribution in [0.3, 0.4) is 0 Å². The van der Waals surface area contributed by atoms with E-state index < -0.39 is 37.1 Å². The van der Waals surface area contributed by atoms with Crippen LogP contribution in [-0.4, -0.2) is 52.9 Å².